The Morgan fingerprint density at radius 1 is 1.00 bits per heavy atom. The smallest absolute Gasteiger partial charge is 0.225 e. The molecule has 3 heterocycles. The molecule has 1 aliphatic heterocycles. The quantitative estimate of drug-likeness (QED) is 0.667. The molecule has 2 N–H and O–H groups in total. The Bertz CT molecular complexity index is 953. The van der Waals surface area contributed by atoms with Crippen LogP contribution < -0.4 is 15.5 Å². The molecule has 29 heavy (non-hydrogen) atoms. The molecular formula is C22H24N6O. The first-order valence-electron chi connectivity index (χ1n) is 10.1. The molecule has 1 saturated carbocycles. The highest BCUT2D eigenvalue weighted by Gasteiger charge is 2.22. The topological polar surface area (TPSA) is 75.2 Å². The zero-order valence-electron chi connectivity index (χ0n) is 16.2. The van der Waals surface area contributed by atoms with E-state index in [4.69, 9.17) is 4.74 Å². The number of morpholine rings is 1. The summed E-state index contributed by atoms with van der Waals surface area (Å²) in [4.78, 5) is 15.9. The maximum Gasteiger partial charge on any atom is 0.225 e. The summed E-state index contributed by atoms with van der Waals surface area (Å²) in [5.41, 5.74) is 4.03. The third-order valence-corrected chi connectivity index (χ3v) is 5.11. The molecule has 2 fully saturated rings. The van der Waals surface area contributed by atoms with Gasteiger partial charge in [-0.25, -0.2) is 4.98 Å². The molecule has 0 amide bonds. The Morgan fingerprint density at radius 2 is 1.83 bits per heavy atom. The zero-order chi connectivity index (χ0) is 19.5. The van der Waals surface area contributed by atoms with Crippen LogP contribution in [0.3, 0.4) is 0 Å². The first-order valence-corrected chi connectivity index (χ1v) is 10.1. The molecule has 1 saturated heterocycles. The minimum atomic E-state index is 0.486. The second-order valence-corrected chi connectivity index (χ2v) is 7.39. The largest absolute Gasteiger partial charge is 0.378 e. The third kappa shape index (κ3) is 4.46. The first-order chi connectivity index (χ1) is 14.3. The van der Waals surface area contributed by atoms with Crippen molar-refractivity contribution in [3.63, 3.8) is 0 Å². The van der Waals surface area contributed by atoms with E-state index in [1.807, 2.05) is 24.4 Å². The van der Waals surface area contributed by atoms with Gasteiger partial charge in [0.05, 0.1) is 18.9 Å². The predicted molar refractivity (Wildman–Crippen MR) is 115 cm³/mol. The Morgan fingerprint density at radius 3 is 2.55 bits per heavy atom. The molecule has 148 valence electrons. The molecule has 1 aromatic carbocycles. The lowest BCUT2D eigenvalue weighted by atomic mass is 10.2. The molecule has 7 nitrogen and oxygen atoms in total. The Labute approximate surface area is 170 Å². The van der Waals surface area contributed by atoms with E-state index in [9.17, 15) is 0 Å². The van der Waals surface area contributed by atoms with Gasteiger partial charge in [-0.05, 0) is 49.2 Å². The monoisotopic (exact) mass is 388 g/mol. The number of ether oxygens (including phenoxy) is 1. The van der Waals surface area contributed by atoms with E-state index >= 15 is 0 Å². The molecular weight excluding hydrogens is 364 g/mol. The third-order valence-electron chi connectivity index (χ3n) is 5.11. The summed E-state index contributed by atoms with van der Waals surface area (Å²) in [5, 5.41) is 6.83. The van der Waals surface area contributed by atoms with Crippen LogP contribution in [0.2, 0.25) is 0 Å². The molecule has 0 radical (unpaired) electrons. The zero-order valence-corrected chi connectivity index (χ0v) is 16.2. The van der Waals surface area contributed by atoms with Gasteiger partial charge in [0.15, 0.2) is 0 Å². The van der Waals surface area contributed by atoms with Gasteiger partial charge in [-0.1, -0.05) is 0 Å². The molecule has 1 aliphatic carbocycles. The second kappa shape index (κ2) is 8.05. The van der Waals surface area contributed by atoms with Gasteiger partial charge in [0, 0.05) is 54.5 Å². The van der Waals surface area contributed by atoms with E-state index < -0.39 is 0 Å². The van der Waals surface area contributed by atoms with E-state index in [2.05, 4.69) is 54.8 Å². The summed E-state index contributed by atoms with van der Waals surface area (Å²) in [6.45, 7) is 3.44. The number of hydrogen-bond acceptors (Lipinski definition) is 7. The molecule has 0 unspecified atom stereocenters. The van der Waals surface area contributed by atoms with Crippen LogP contribution in [0, 0.1) is 0 Å². The summed E-state index contributed by atoms with van der Waals surface area (Å²) in [7, 11) is 0. The molecule has 0 atom stereocenters. The van der Waals surface area contributed by atoms with Gasteiger partial charge < -0.3 is 20.3 Å². The van der Waals surface area contributed by atoms with Crippen molar-refractivity contribution in [2.24, 2.45) is 0 Å². The van der Waals surface area contributed by atoms with E-state index in [1.165, 1.54) is 18.5 Å². The van der Waals surface area contributed by atoms with Crippen molar-refractivity contribution in [2.45, 2.75) is 18.9 Å². The number of hydrogen-bond donors (Lipinski definition) is 2. The van der Waals surface area contributed by atoms with Gasteiger partial charge in [0.2, 0.25) is 5.95 Å². The molecule has 3 aromatic rings. The van der Waals surface area contributed by atoms with E-state index in [0.717, 1.165) is 49.1 Å². The van der Waals surface area contributed by atoms with Crippen molar-refractivity contribution in [2.75, 3.05) is 41.8 Å². The van der Waals surface area contributed by atoms with Gasteiger partial charge in [-0.15, -0.1) is 0 Å². The van der Waals surface area contributed by atoms with Gasteiger partial charge in [0.25, 0.3) is 0 Å². The lowest BCUT2D eigenvalue weighted by molar-refractivity contribution is 0.122. The van der Waals surface area contributed by atoms with E-state index in [0.29, 0.717) is 12.0 Å². The number of nitrogens with one attached hydrogen (secondary N) is 2. The van der Waals surface area contributed by atoms with Crippen LogP contribution in [0.5, 0.6) is 0 Å². The van der Waals surface area contributed by atoms with Crippen molar-refractivity contribution in [1.29, 1.82) is 0 Å². The normalized spacial score (nSPS) is 16.5. The predicted octanol–water partition coefficient (Wildman–Crippen LogP) is 3.69. The van der Waals surface area contributed by atoms with E-state index in [1.54, 1.807) is 6.20 Å². The van der Waals surface area contributed by atoms with Gasteiger partial charge in [-0.2, -0.15) is 4.98 Å². The fourth-order valence-electron chi connectivity index (χ4n) is 3.37. The maximum atomic E-state index is 5.44. The highest BCUT2D eigenvalue weighted by atomic mass is 16.5. The minimum absolute atomic E-state index is 0.486. The molecule has 2 aliphatic rings. The van der Waals surface area contributed by atoms with Gasteiger partial charge in [0.1, 0.15) is 5.82 Å². The summed E-state index contributed by atoms with van der Waals surface area (Å²) in [6, 6.07) is 14.8. The second-order valence-electron chi connectivity index (χ2n) is 7.39. The molecule has 5 rings (SSSR count). The van der Waals surface area contributed by atoms with Crippen molar-refractivity contribution in [1.82, 2.24) is 15.0 Å². The summed E-state index contributed by atoms with van der Waals surface area (Å²) in [5.74, 6) is 1.42. The van der Waals surface area contributed by atoms with Crippen molar-refractivity contribution in [3.8, 4) is 11.3 Å². The van der Waals surface area contributed by atoms with Crippen LogP contribution in [0.4, 0.5) is 23.1 Å². The number of nitrogens with zero attached hydrogens (tertiary/aromatic N) is 4. The highest BCUT2D eigenvalue weighted by molar-refractivity contribution is 5.68. The molecule has 0 bridgehead atoms. The van der Waals surface area contributed by atoms with Crippen molar-refractivity contribution in [3.05, 3.63) is 54.9 Å². The number of pyridine rings is 1. The summed E-state index contributed by atoms with van der Waals surface area (Å²) < 4.78 is 5.44. The van der Waals surface area contributed by atoms with Crippen LogP contribution in [0.25, 0.3) is 11.3 Å². The lowest BCUT2D eigenvalue weighted by Gasteiger charge is -2.28. The Hall–Kier alpha value is -3.19. The highest BCUT2D eigenvalue weighted by Crippen LogP contribution is 2.28. The standard InChI is InChI=1S/C22H24N6O/c1-2-16(15-23-9-1)20-14-21(27-22(26-20)25-18-3-4-18)24-17-5-7-19(8-6-17)28-10-12-29-13-11-28/h1-2,5-9,14-15,18H,3-4,10-13H2,(H2,24,25,26,27). The van der Waals surface area contributed by atoms with Crippen LogP contribution in [0.1, 0.15) is 12.8 Å². The fourth-order valence-corrected chi connectivity index (χ4v) is 3.37. The number of anilines is 4. The summed E-state index contributed by atoms with van der Waals surface area (Å²) in [6.07, 6.45) is 5.94. The van der Waals surface area contributed by atoms with Gasteiger partial charge >= 0.3 is 0 Å². The number of aromatic nitrogens is 3. The average molecular weight is 388 g/mol. The van der Waals surface area contributed by atoms with Crippen LogP contribution in [0.15, 0.2) is 54.9 Å². The first kappa shape index (κ1) is 17.9. The summed E-state index contributed by atoms with van der Waals surface area (Å²) >= 11 is 0. The molecule has 2 aromatic heterocycles. The SMILES string of the molecule is c1cncc(-c2cc(Nc3ccc(N4CCOCC4)cc3)nc(NC3CC3)n2)c1. The van der Waals surface area contributed by atoms with Crippen molar-refractivity contribution < 1.29 is 4.74 Å². The van der Waals surface area contributed by atoms with E-state index in [-0.39, 0.29) is 0 Å². The number of benzene rings is 1. The maximum absolute atomic E-state index is 5.44. The lowest BCUT2D eigenvalue weighted by Crippen LogP contribution is -2.36. The number of rotatable bonds is 6. The average Bonchev–Trinajstić information content (AvgIpc) is 3.59. The van der Waals surface area contributed by atoms with Crippen LogP contribution in [-0.2, 0) is 4.74 Å². The molecule has 0 spiro atoms. The van der Waals surface area contributed by atoms with Crippen LogP contribution in [-0.4, -0.2) is 47.3 Å². The Kier molecular flexibility index (Phi) is 4.96. The fraction of sp³-hybridized carbons (Fsp3) is 0.318. The molecule has 7 heteroatoms. The van der Waals surface area contributed by atoms with Crippen LogP contribution >= 0.6 is 0 Å². The van der Waals surface area contributed by atoms with Crippen molar-refractivity contribution >= 4 is 23.1 Å². The minimum Gasteiger partial charge on any atom is -0.378 e. The Balaban J connectivity index is 1.38. The van der Waals surface area contributed by atoms with Gasteiger partial charge in [-0.3, -0.25) is 4.98 Å².